The molecule has 2 fully saturated rings. The van der Waals surface area contributed by atoms with Crippen molar-refractivity contribution in [3.05, 3.63) is 29.6 Å². The molecule has 2 aliphatic rings. The molecule has 3 amide bonds. The van der Waals surface area contributed by atoms with Crippen LogP contribution in [0.3, 0.4) is 0 Å². The maximum atomic E-state index is 12.5. The van der Waals surface area contributed by atoms with Crippen molar-refractivity contribution in [2.24, 2.45) is 5.92 Å². The van der Waals surface area contributed by atoms with E-state index in [0.29, 0.717) is 25.3 Å². The van der Waals surface area contributed by atoms with E-state index in [9.17, 15) is 14.4 Å². The van der Waals surface area contributed by atoms with Crippen molar-refractivity contribution in [1.82, 2.24) is 20.1 Å². The number of hydrogen-bond donors (Lipinski definition) is 1. The monoisotopic (exact) mass is 330 g/mol. The van der Waals surface area contributed by atoms with E-state index in [-0.39, 0.29) is 36.1 Å². The van der Waals surface area contributed by atoms with Gasteiger partial charge in [0.25, 0.3) is 5.91 Å². The van der Waals surface area contributed by atoms with Crippen LogP contribution < -0.4 is 5.32 Å². The summed E-state index contributed by atoms with van der Waals surface area (Å²) in [7, 11) is 1.58. The van der Waals surface area contributed by atoms with Crippen LogP contribution in [-0.2, 0) is 16.0 Å². The van der Waals surface area contributed by atoms with E-state index in [2.05, 4.69) is 10.3 Å². The second-order valence-corrected chi connectivity index (χ2v) is 6.33. The molecule has 0 spiro atoms. The molecule has 3 heterocycles. The Morgan fingerprint density at radius 2 is 2.08 bits per heavy atom. The summed E-state index contributed by atoms with van der Waals surface area (Å²) in [5.41, 5.74) is 1.53. The van der Waals surface area contributed by atoms with Crippen molar-refractivity contribution in [2.75, 3.05) is 26.7 Å². The summed E-state index contributed by atoms with van der Waals surface area (Å²) in [6.45, 7) is 3.48. The number of pyridine rings is 1. The summed E-state index contributed by atoms with van der Waals surface area (Å²) in [5.74, 6) is -0.489. The van der Waals surface area contributed by atoms with E-state index in [0.717, 1.165) is 12.0 Å². The Bertz CT molecular complexity index is 670. The minimum absolute atomic E-state index is 0.00506. The molecule has 1 aromatic rings. The molecule has 2 aliphatic heterocycles. The van der Waals surface area contributed by atoms with Gasteiger partial charge in [-0.2, -0.15) is 0 Å². The Morgan fingerprint density at radius 3 is 2.75 bits per heavy atom. The topological polar surface area (TPSA) is 82.6 Å². The van der Waals surface area contributed by atoms with Crippen LogP contribution in [0.1, 0.15) is 29.4 Å². The number of carbonyl (C=O) groups excluding carboxylic acids is 3. The van der Waals surface area contributed by atoms with Crippen LogP contribution in [0, 0.1) is 5.92 Å². The van der Waals surface area contributed by atoms with Crippen LogP contribution in [0.2, 0.25) is 0 Å². The van der Waals surface area contributed by atoms with Gasteiger partial charge in [-0.15, -0.1) is 0 Å². The number of carbonyl (C=O) groups is 3. The molecular weight excluding hydrogens is 308 g/mol. The molecule has 24 heavy (non-hydrogen) atoms. The van der Waals surface area contributed by atoms with Crippen molar-refractivity contribution in [2.45, 2.75) is 25.8 Å². The number of aromatic nitrogens is 1. The largest absolute Gasteiger partial charge is 0.359 e. The van der Waals surface area contributed by atoms with E-state index >= 15 is 0 Å². The lowest BCUT2D eigenvalue weighted by Gasteiger charge is -2.43. The van der Waals surface area contributed by atoms with E-state index in [4.69, 9.17) is 0 Å². The molecule has 1 aromatic heterocycles. The third-order valence-corrected chi connectivity index (χ3v) is 4.82. The van der Waals surface area contributed by atoms with Gasteiger partial charge in [0.05, 0.1) is 12.0 Å². The zero-order chi connectivity index (χ0) is 17.3. The predicted octanol–water partition coefficient (Wildman–Crippen LogP) is 0.0629. The van der Waals surface area contributed by atoms with Crippen LogP contribution in [0.25, 0.3) is 0 Å². The fraction of sp³-hybridized carbons (Fsp3) is 0.529. The van der Waals surface area contributed by atoms with Gasteiger partial charge in [-0.25, -0.2) is 0 Å². The van der Waals surface area contributed by atoms with Gasteiger partial charge in [-0.1, -0.05) is 6.92 Å². The Balaban J connectivity index is 1.58. The Hall–Kier alpha value is -2.44. The molecule has 2 saturated heterocycles. The highest BCUT2D eigenvalue weighted by molar-refractivity contribution is 5.93. The van der Waals surface area contributed by atoms with Crippen molar-refractivity contribution in [1.29, 1.82) is 0 Å². The van der Waals surface area contributed by atoms with Gasteiger partial charge in [-0.05, 0) is 24.1 Å². The van der Waals surface area contributed by atoms with E-state index < -0.39 is 0 Å². The lowest BCUT2D eigenvalue weighted by atomic mass is 10.1. The van der Waals surface area contributed by atoms with Gasteiger partial charge >= 0.3 is 0 Å². The van der Waals surface area contributed by atoms with Crippen molar-refractivity contribution in [3.63, 3.8) is 0 Å². The molecule has 0 aromatic carbocycles. The minimum atomic E-state index is -0.282. The van der Waals surface area contributed by atoms with Crippen LogP contribution in [0.5, 0.6) is 0 Å². The average Bonchev–Trinajstić information content (AvgIpc) is 2.94. The smallest absolute Gasteiger partial charge is 0.272 e. The van der Waals surface area contributed by atoms with Crippen LogP contribution >= 0.6 is 0 Å². The molecule has 7 nitrogen and oxygen atoms in total. The first-order chi connectivity index (χ1) is 11.5. The molecule has 0 bridgehead atoms. The quantitative estimate of drug-likeness (QED) is 0.846. The molecule has 1 atom stereocenters. The second kappa shape index (κ2) is 6.59. The van der Waals surface area contributed by atoms with E-state index in [1.807, 2.05) is 19.1 Å². The number of aryl methyl sites for hydroxylation is 1. The lowest BCUT2D eigenvalue weighted by Crippen LogP contribution is -2.61. The number of rotatable bonds is 4. The maximum Gasteiger partial charge on any atom is 0.272 e. The standard InChI is InChI=1S/C17H22N4O3/c1-3-11-4-5-19-14(6-11)17(24)20-9-13(10-20)21-8-12(7-15(21)22)16(23)18-2/h4-6,12-13H,3,7-10H2,1-2H3,(H,18,23). The summed E-state index contributed by atoms with van der Waals surface area (Å²) in [4.78, 5) is 43.8. The van der Waals surface area contributed by atoms with Crippen LogP contribution in [-0.4, -0.2) is 65.2 Å². The SMILES string of the molecule is CCc1ccnc(C(=O)N2CC(N3CC(C(=O)NC)CC3=O)C2)c1. The summed E-state index contributed by atoms with van der Waals surface area (Å²) >= 11 is 0. The zero-order valence-electron chi connectivity index (χ0n) is 14.0. The number of hydrogen-bond acceptors (Lipinski definition) is 4. The molecule has 7 heteroatoms. The predicted molar refractivity (Wildman–Crippen MR) is 87.2 cm³/mol. The molecular formula is C17H22N4O3. The number of nitrogens with one attached hydrogen (secondary N) is 1. The highest BCUT2D eigenvalue weighted by Gasteiger charge is 2.43. The molecule has 1 N–H and O–H groups in total. The van der Waals surface area contributed by atoms with Gasteiger partial charge in [0, 0.05) is 39.3 Å². The molecule has 0 radical (unpaired) electrons. The molecule has 1 unspecified atom stereocenters. The maximum absolute atomic E-state index is 12.5. The molecule has 0 aliphatic carbocycles. The summed E-state index contributed by atoms with van der Waals surface area (Å²) < 4.78 is 0. The highest BCUT2D eigenvalue weighted by Crippen LogP contribution is 2.26. The first kappa shape index (κ1) is 16.4. The first-order valence-electron chi connectivity index (χ1n) is 8.28. The summed E-state index contributed by atoms with van der Waals surface area (Å²) in [6, 6.07) is 3.72. The Kier molecular flexibility index (Phi) is 4.51. The van der Waals surface area contributed by atoms with Crippen molar-refractivity contribution < 1.29 is 14.4 Å². The van der Waals surface area contributed by atoms with Gasteiger partial charge in [0.15, 0.2) is 0 Å². The molecule has 0 saturated carbocycles. The average molecular weight is 330 g/mol. The molecule has 128 valence electrons. The highest BCUT2D eigenvalue weighted by atomic mass is 16.2. The van der Waals surface area contributed by atoms with Gasteiger partial charge in [-0.3, -0.25) is 19.4 Å². The number of amides is 3. The second-order valence-electron chi connectivity index (χ2n) is 6.33. The van der Waals surface area contributed by atoms with Crippen LogP contribution in [0.4, 0.5) is 0 Å². The Labute approximate surface area is 141 Å². The fourth-order valence-corrected chi connectivity index (χ4v) is 3.26. The van der Waals surface area contributed by atoms with Crippen LogP contribution in [0.15, 0.2) is 18.3 Å². The van der Waals surface area contributed by atoms with Gasteiger partial charge in [0.2, 0.25) is 11.8 Å². The normalized spacial score (nSPS) is 20.9. The number of nitrogens with zero attached hydrogens (tertiary/aromatic N) is 3. The van der Waals surface area contributed by atoms with E-state index in [1.54, 1.807) is 23.0 Å². The minimum Gasteiger partial charge on any atom is -0.359 e. The third kappa shape index (κ3) is 2.98. The van der Waals surface area contributed by atoms with Gasteiger partial charge in [0.1, 0.15) is 5.69 Å². The summed E-state index contributed by atoms with van der Waals surface area (Å²) in [6.07, 6.45) is 2.76. The zero-order valence-corrected chi connectivity index (χ0v) is 14.0. The fourth-order valence-electron chi connectivity index (χ4n) is 3.26. The third-order valence-electron chi connectivity index (χ3n) is 4.82. The number of likely N-dealkylation sites (tertiary alicyclic amines) is 2. The van der Waals surface area contributed by atoms with Crippen molar-refractivity contribution >= 4 is 17.7 Å². The lowest BCUT2D eigenvalue weighted by molar-refractivity contribution is -0.132. The van der Waals surface area contributed by atoms with E-state index in [1.165, 1.54) is 0 Å². The Morgan fingerprint density at radius 1 is 1.33 bits per heavy atom. The van der Waals surface area contributed by atoms with Gasteiger partial charge < -0.3 is 15.1 Å². The summed E-state index contributed by atoms with van der Waals surface area (Å²) in [5, 5.41) is 2.59. The first-order valence-corrected chi connectivity index (χ1v) is 8.28. The molecule has 3 rings (SSSR count). The van der Waals surface area contributed by atoms with Crippen molar-refractivity contribution in [3.8, 4) is 0 Å².